The summed E-state index contributed by atoms with van der Waals surface area (Å²) in [7, 11) is 0. The first-order chi connectivity index (χ1) is 13.3. The molecule has 0 amide bonds. The summed E-state index contributed by atoms with van der Waals surface area (Å²) >= 11 is 0. The fourth-order valence-corrected chi connectivity index (χ4v) is 2.87. The highest BCUT2D eigenvalue weighted by Gasteiger charge is 2.10. The second-order valence-electron chi connectivity index (χ2n) is 6.10. The maximum Gasteiger partial charge on any atom is 0.225 e. The monoisotopic (exact) mass is 356 g/mol. The molecule has 1 aromatic heterocycles. The molecule has 4 nitrogen and oxygen atoms in total. The van der Waals surface area contributed by atoms with Crippen molar-refractivity contribution in [3.05, 3.63) is 84.4 Å². The summed E-state index contributed by atoms with van der Waals surface area (Å²) in [6.45, 7) is 3.06. The minimum Gasteiger partial charge on any atom is -0.494 e. The van der Waals surface area contributed by atoms with Crippen LogP contribution in [0.3, 0.4) is 0 Å². The summed E-state index contributed by atoms with van der Waals surface area (Å²) in [6.07, 6.45) is 0. The molecule has 4 rings (SSSR count). The molecule has 4 heteroatoms. The lowest BCUT2D eigenvalue weighted by Crippen LogP contribution is -2.01. The van der Waals surface area contributed by atoms with Crippen LogP contribution in [0.25, 0.3) is 22.3 Å². The lowest BCUT2D eigenvalue weighted by molar-refractivity contribution is 0.297. The fraction of sp³-hybridized carbons (Fsp3) is 0.130. The summed E-state index contributed by atoms with van der Waals surface area (Å²) < 4.78 is 11.6. The first kappa shape index (κ1) is 17.0. The van der Waals surface area contributed by atoms with E-state index in [1.165, 1.54) is 0 Å². The molecule has 0 N–H and O–H groups in total. The number of nitrogens with zero attached hydrogens (tertiary/aromatic N) is 2. The van der Waals surface area contributed by atoms with E-state index in [1.54, 1.807) is 0 Å². The third kappa shape index (κ3) is 3.90. The second kappa shape index (κ2) is 7.87. The van der Waals surface area contributed by atoms with Crippen LogP contribution >= 0.6 is 0 Å². The van der Waals surface area contributed by atoms with E-state index in [0.717, 1.165) is 27.8 Å². The van der Waals surface area contributed by atoms with Gasteiger partial charge in [-0.1, -0.05) is 54.6 Å². The summed E-state index contributed by atoms with van der Waals surface area (Å²) in [5.74, 6) is 2.12. The molecule has 3 aromatic carbocycles. The van der Waals surface area contributed by atoms with Gasteiger partial charge in [0.25, 0.3) is 0 Å². The normalized spacial score (nSPS) is 10.7. The van der Waals surface area contributed by atoms with E-state index < -0.39 is 0 Å². The maximum absolute atomic E-state index is 6.08. The molecular weight excluding hydrogens is 336 g/mol. The number of ether oxygens (including phenoxy) is 2. The Morgan fingerprint density at radius 3 is 2.26 bits per heavy atom. The van der Waals surface area contributed by atoms with Gasteiger partial charge in [0.2, 0.25) is 5.88 Å². The smallest absolute Gasteiger partial charge is 0.225 e. The molecule has 0 radical (unpaired) electrons. The standard InChI is InChI=1S/C23H20N2O2/c1-2-26-19-14-12-17(13-15-19)16-27-23-20-10-6-7-11-21(20)24-22(25-23)18-8-4-3-5-9-18/h3-15H,2,16H2,1H3. The molecule has 0 saturated heterocycles. The van der Waals surface area contributed by atoms with Crippen molar-refractivity contribution in [2.45, 2.75) is 13.5 Å². The molecule has 0 aliphatic heterocycles. The van der Waals surface area contributed by atoms with E-state index in [-0.39, 0.29) is 0 Å². The van der Waals surface area contributed by atoms with E-state index in [4.69, 9.17) is 9.47 Å². The highest BCUT2D eigenvalue weighted by Crippen LogP contribution is 2.27. The van der Waals surface area contributed by atoms with Crippen molar-refractivity contribution in [3.8, 4) is 23.0 Å². The van der Waals surface area contributed by atoms with Crippen LogP contribution in [0.15, 0.2) is 78.9 Å². The summed E-state index contributed by atoms with van der Waals surface area (Å²) in [6, 6.07) is 25.8. The predicted molar refractivity (Wildman–Crippen MR) is 107 cm³/mol. The van der Waals surface area contributed by atoms with Crippen molar-refractivity contribution in [3.63, 3.8) is 0 Å². The maximum atomic E-state index is 6.08. The SMILES string of the molecule is CCOc1ccc(COc2nc(-c3ccccc3)nc3ccccc23)cc1. The van der Waals surface area contributed by atoms with Gasteiger partial charge in [0.1, 0.15) is 12.4 Å². The van der Waals surface area contributed by atoms with Gasteiger partial charge in [-0.2, -0.15) is 4.98 Å². The summed E-state index contributed by atoms with van der Waals surface area (Å²) in [5, 5.41) is 0.906. The molecular formula is C23H20N2O2. The largest absolute Gasteiger partial charge is 0.494 e. The molecule has 0 saturated carbocycles. The van der Waals surface area contributed by atoms with Crippen LogP contribution in [0.5, 0.6) is 11.6 Å². The van der Waals surface area contributed by atoms with Crippen LogP contribution in [0.1, 0.15) is 12.5 Å². The number of hydrogen-bond acceptors (Lipinski definition) is 4. The van der Waals surface area contributed by atoms with E-state index in [1.807, 2.05) is 85.8 Å². The zero-order valence-electron chi connectivity index (χ0n) is 15.1. The minimum absolute atomic E-state index is 0.432. The Labute approximate surface area is 158 Å². The molecule has 4 aromatic rings. The zero-order valence-corrected chi connectivity index (χ0v) is 15.1. The van der Waals surface area contributed by atoms with Crippen LogP contribution in [-0.2, 0) is 6.61 Å². The number of hydrogen-bond donors (Lipinski definition) is 0. The Bertz CT molecular complexity index is 1030. The number of para-hydroxylation sites is 1. The van der Waals surface area contributed by atoms with E-state index in [9.17, 15) is 0 Å². The molecule has 27 heavy (non-hydrogen) atoms. The van der Waals surface area contributed by atoms with Gasteiger partial charge in [0, 0.05) is 5.56 Å². The van der Waals surface area contributed by atoms with Gasteiger partial charge in [-0.25, -0.2) is 4.98 Å². The van der Waals surface area contributed by atoms with Gasteiger partial charge in [-0.05, 0) is 36.8 Å². The molecule has 0 aliphatic rings. The van der Waals surface area contributed by atoms with Gasteiger partial charge >= 0.3 is 0 Å². The number of rotatable bonds is 6. The van der Waals surface area contributed by atoms with Crippen LogP contribution < -0.4 is 9.47 Å². The van der Waals surface area contributed by atoms with Gasteiger partial charge in [-0.3, -0.25) is 0 Å². The van der Waals surface area contributed by atoms with Crippen LogP contribution in [-0.4, -0.2) is 16.6 Å². The van der Waals surface area contributed by atoms with E-state index >= 15 is 0 Å². The topological polar surface area (TPSA) is 44.2 Å². The first-order valence-electron chi connectivity index (χ1n) is 9.00. The first-order valence-corrected chi connectivity index (χ1v) is 9.00. The van der Waals surface area contributed by atoms with Crippen LogP contribution in [0.4, 0.5) is 0 Å². The highest BCUT2D eigenvalue weighted by molar-refractivity contribution is 5.85. The van der Waals surface area contributed by atoms with Crippen molar-refractivity contribution in [2.75, 3.05) is 6.61 Å². The van der Waals surface area contributed by atoms with Crippen molar-refractivity contribution in [1.82, 2.24) is 9.97 Å². The van der Waals surface area contributed by atoms with Crippen molar-refractivity contribution >= 4 is 10.9 Å². The predicted octanol–water partition coefficient (Wildman–Crippen LogP) is 5.27. The summed E-state index contributed by atoms with van der Waals surface area (Å²) in [5.41, 5.74) is 2.89. The highest BCUT2D eigenvalue weighted by atomic mass is 16.5. The van der Waals surface area contributed by atoms with Gasteiger partial charge in [0.15, 0.2) is 5.82 Å². The lowest BCUT2D eigenvalue weighted by atomic mass is 10.2. The van der Waals surface area contributed by atoms with Crippen LogP contribution in [0, 0.1) is 0 Å². The zero-order chi connectivity index (χ0) is 18.5. The third-order valence-electron chi connectivity index (χ3n) is 4.21. The van der Waals surface area contributed by atoms with Crippen molar-refractivity contribution < 1.29 is 9.47 Å². The Kier molecular flexibility index (Phi) is 4.97. The van der Waals surface area contributed by atoms with Gasteiger partial charge < -0.3 is 9.47 Å². The van der Waals surface area contributed by atoms with Crippen molar-refractivity contribution in [1.29, 1.82) is 0 Å². The fourth-order valence-electron chi connectivity index (χ4n) is 2.87. The molecule has 134 valence electrons. The van der Waals surface area contributed by atoms with Crippen molar-refractivity contribution in [2.24, 2.45) is 0 Å². The minimum atomic E-state index is 0.432. The Balaban J connectivity index is 1.64. The molecule has 0 aliphatic carbocycles. The number of benzene rings is 3. The van der Waals surface area contributed by atoms with Crippen LogP contribution in [0.2, 0.25) is 0 Å². The Morgan fingerprint density at radius 1 is 0.741 bits per heavy atom. The quantitative estimate of drug-likeness (QED) is 0.472. The second-order valence-corrected chi connectivity index (χ2v) is 6.10. The van der Waals surface area contributed by atoms with Gasteiger partial charge in [-0.15, -0.1) is 0 Å². The molecule has 0 spiro atoms. The molecule has 0 unspecified atom stereocenters. The number of aromatic nitrogens is 2. The molecule has 1 heterocycles. The molecule has 0 atom stereocenters. The average molecular weight is 356 g/mol. The molecule has 0 bridgehead atoms. The summed E-state index contributed by atoms with van der Waals surface area (Å²) in [4.78, 5) is 9.36. The van der Waals surface area contributed by atoms with E-state index in [0.29, 0.717) is 24.9 Å². The Morgan fingerprint density at radius 2 is 1.48 bits per heavy atom. The average Bonchev–Trinajstić information content (AvgIpc) is 2.74. The Hall–Kier alpha value is -3.40. The van der Waals surface area contributed by atoms with E-state index in [2.05, 4.69) is 9.97 Å². The van der Waals surface area contributed by atoms with Gasteiger partial charge in [0.05, 0.1) is 17.5 Å². The third-order valence-corrected chi connectivity index (χ3v) is 4.21. The number of fused-ring (bicyclic) bond motifs is 1. The molecule has 0 fully saturated rings. The lowest BCUT2D eigenvalue weighted by Gasteiger charge is -2.11.